The summed E-state index contributed by atoms with van der Waals surface area (Å²) in [6.45, 7) is 5.35. The van der Waals surface area contributed by atoms with Gasteiger partial charge in [0.05, 0.1) is 28.8 Å². The van der Waals surface area contributed by atoms with Crippen molar-refractivity contribution in [1.82, 2.24) is 4.98 Å². The lowest BCUT2D eigenvalue weighted by atomic mass is 10.0. The minimum absolute atomic E-state index is 0.0909. The van der Waals surface area contributed by atoms with Crippen molar-refractivity contribution < 1.29 is 24.0 Å². The van der Waals surface area contributed by atoms with Crippen LogP contribution in [0.1, 0.15) is 42.7 Å². The Hall–Kier alpha value is -4.01. The molecule has 1 atom stereocenters. The Balaban J connectivity index is 1.83. The van der Waals surface area contributed by atoms with Crippen LogP contribution in [0.3, 0.4) is 0 Å². The van der Waals surface area contributed by atoms with Gasteiger partial charge in [-0.15, -0.1) is 0 Å². The minimum Gasteiger partial charge on any atom is -0.495 e. The molecule has 0 saturated heterocycles. The van der Waals surface area contributed by atoms with Crippen molar-refractivity contribution in [3.8, 4) is 5.75 Å². The second kappa shape index (κ2) is 9.42. The van der Waals surface area contributed by atoms with E-state index in [0.29, 0.717) is 16.5 Å². The molecule has 1 heterocycles. The first-order chi connectivity index (χ1) is 15.2. The Morgan fingerprint density at radius 2 is 1.81 bits per heavy atom. The predicted molar refractivity (Wildman–Crippen MR) is 119 cm³/mol. The number of anilines is 1. The molecular formula is C23H23N3O6. The third-order valence-corrected chi connectivity index (χ3v) is 4.85. The van der Waals surface area contributed by atoms with Gasteiger partial charge in [-0.05, 0) is 31.0 Å². The number of nitrogens with one attached hydrogen (secondary N) is 1. The summed E-state index contributed by atoms with van der Waals surface area (Å²) in [5.41, 5.74) is 1.59. The third kappa shape index (κ3) is 4.83. The summed E-state index contributed by atoms with van der Waals surface area (Å²) >= 11 is 0. The van der Waals surface area contributed by atoms with Crippen LogP contribution >= 0.6 is 0 Å². The summed E-state index contributed by atoms with van der Waals surface area (Å²) in [4.78, 5) is 40.6. The van der Waals surface area contributed by atoms with Gasteiger partial charge in [0, 0.05) is 23.2 Å². The van der Waals surface area contributed by atoms with E-state index in [-0.39, 0.29) is 23.0 Å². The van der Waals surface area contributed by atoms with Gasteiger partial charge in [-0.3, -0.25) is 19.9 Å². The van der Waals surface area contributed by atoms with Crippen LogP contribution in [-0.2, 0) is 9.53 Å². The molecule has 0 radical (unpaired) electrons. The van der Waals surface area contributed by atoms with Crippen LogP contribution in [0, 0.1) is 10.1 Å². The maximum atomic E-state index is 12.9. The third-order valence-electron chi connectivity index (χ3n) is 4.85. The lowest BCUT2D eigenvalue weighted by Gasteiger charge is -2.16. The zero-order valence-electron chi connectivity index (χ0n) is 18.1. The highest BCUT2D eigenvalue weighted by Crippen LogP contribution is 2.29. The van der Waals surface area contributed by atoms with Gasteiger partial charge >= 0.3 is 5.97 Å². The number of ether oxygens (including phenoxy) is 2. The lowest BCUT2D eigenvalue weighted by Crippen LogP contribution is -2.30. The summed E-state index contributed by atoms with van der Waals surface area (Å²) < 4.78 is 10.6. The number of non-ortho nitro benzene ring substituents is 1. The summed E-state index contributed by atoms with van der Waals surface area (Å²) in [6, 6.07) is 12.7. The molecule has 0 aliphatic rings. The molecule has 1 N–H and O–H groups in total. The number of nitro groups is 1. The quantitative estimate of drug-likeness (QED) is 0.329. The number of hydrogen-bond acceptors (Lipinski definition) is 7. The average Bonchev–Trinajstić information content (AvgIpc) is 2.77. The van der Waals surface area contributed by atoms with E-state index in [0.717, 1.165) is 5.69 Å². The van der Waals surface area contributed by atoms with Gasteiger partial charge in [0.15, 0.2) is 6.10 Å². The van der Waals surface area contributed by atoms with Crippen molar-refractivity contribution in [2.45, 2.75) is 32.8 Å². The van der Waals surface area contributed by atoms with Crippen molar-refractivity contribution in [3.63, 3.8) is 0 Å². The van der Waals surface area contributed by atoms with E-state index in [4.69, 9.17) is 9.47 Å². The van der Waals surface area contributed by atoms with Gasteiger partial charge in [-0.25, -0.2) is 4.79 Å². The second-order valence-corrected chi connectivity index (χ2v) is 7.45. The van der Waals surface area contributed by atoms with Crippen molar-refractivity contribution >= 4 is 34.2 Å². The van der Waals surface area contributed by atoms with E-state index in [1.165, 1.54) is 32.2 Å². The van der Waals surface area contributed by atoms with Crippen molar-refractivity contribution in [1.29, 1.82) is 0 Å². The number of benzene rings is 2. The first-order valence-corrected chi connectivity index (χ1v) is 9.95. The summed E-state index contributed by atoms with van der Waals surface area (Å²) in [6.07, 6.45) is -1.17. The van der Waals surface area contributed by atoms with E-state index in [2.05, 4.69) is 10.3 Å². The fraction of sp³-hybridized carbons (Fsp3) is 0.261. The smallest absolute Gasteiger partial charge is 0.339 e. The van der Waals surface area contributed by atoms with E-state index in [1.807, 2.05) is 26.0 Å². The fourth-order valence-corrected chi connectivity index (χ4v) is 3.08. The molecule has 0 fully saturated rings. The van der Waals surface area contributed by atoms with Gasteiger partial charge in [-0.1, -0.05) is 32.0 Å². The van der Waals surface area contributed by atoms with Gasteiger partial charge in [0.25, 0.3) is 11.6 Å². The van der Waals surface area contributed by atoms with E-state index < -0.39 is 22.9 Å². The molecule has 0 spiro atoms. The van der Waals surface area contributed by atoms with Crippen molar-refractivity contribution in [2.24, 2.45) is 0 Å². The SMILES string of the molecule is COc1ccc([N+](=O)[O-])cc1NC(=O)C(C)OC(=O)c1cc(C(C)C)nc2ccccc12. The van der Waals surface area contributed by atoms with Crippen LogP contribution in [0.25, 0.3) is 10.9 Å². The monoisotopic (exact) mass is 437 g/mol. The van der Waals surface area contributed by atoms with E-state index in [9.17, 15) is 19.7 Å². The number of fused-ring (bicyclic) bond motifs is 1. The number of para-hydroxylation sites is 1. The van der Waals surface area contributed by atoms with Gasteiger partial charge in [0.1, 0.15) is 5.75 Å². The maximum absolute atomic E-state index is 12.9. The number of methoxy groups -OCH3 is 1. The van der Waals surface area contributed by atoms with Gasteiger partial charge in [0.2, 0.25) is 0 Å². The number of amides is 1. The molecule has 166 valence electrons. The number of carbonyl (C=O) groups is 2. The Kier molecular flexibility index (Phi) is 6.67. The number of nitrogens with zero attached hydrogens (tertiary/aromatic N) is 2. The van der Waals surface area contributed by atoms with Crippen LogP contribution in [0.2, 0.25) is 0 Å². The van der Waals surface area contributed by atoms with Crippen LogP contribution < -0.4 is 10.1 Å². The Bertz CT molecular complexity index is 1190. The van der Waals surface area contributed by atoms with E-state index >= 15 is 0 Å². The number of aromatic nitrogens is 1. The zero-order valence-corrected chi connectivity index (χ0v) is 18.1. The van der Waals surface area contributed by atoms with Gasteiger partial charge < -0.3 is 14.8 Å². The van der Waals surface area contributed by atoms with Crippen molar-refractivity contribution in [3.05, 3.63) is 69.9 Å². The highest BCUT2D eigenvalue weighted by molar-refractivity contribution is 6.05. The molecule has 9 nitrogen and oxygen atoms in total. The summed E-state index contributed by atoms with van der Waals surface area (Å²) in [5, 5.41) is 14.2. The Morgan fingerprint density at radius 1 is 1.09 bits per heavy atom. The van der Waals surface area contributed by atoms with Gasteiger partial charge in [-0.2, -0.15) is 0 Å². The highest BCUT2D eigenvalue weighted by atomic mass is 16.6. The number of pyridine rings is 1. The molecule has 9 heteroatoms. The zero-order chi connectivity index (χ0) is 23.4. The molecule has 0 aliphatic heterocycles. The lowest BCUT2D eigenvalue weighted by molar-refractivity contribution is -0.384. The molecule has 0 aliphatic carbocycles. The van der Waals surface area contributed by atoms with Crippen molar-refractivity contribution in [2.75, 3.05) is 12.4 Å². The number of esters is 1. The largest absolute Gasteiger partial charge is 0.495 e. The summed E-state index contributed by atoms with van der Waals surface area (Å²) in [7, 11) is 1.38. The average molecular weight is 437 g/mol. The Morgan fingerprint density at radius 3 is 2.47 bits per heavy atom. The topological polar surface area (TPSA) is 121 Å². The maximum Gasteiger partial charge on any atom is 0.339 e. The molecule has 3 aromatic rings. The number of carbonyl (C=O) groups excluding carboxylic acids is 2. The Labute approximate surface area is 184 Å². The number of nitro benzene ring substituents is 1. The number of hydrogen-bond donors (Lipinski definition) is 1. The molecule has 2 aromatic carbocycles. The molecule has 1 aromatic heterocycles. The van der Waals surface area contributed by atoms with E-state index in [1.54, 1.807) is 18.2 Å². The normalized spacial score (nSPS) is 11.8. The van der Waals surface area contributed by atoms with Crippen LogP contribution in [0.15, 0.2) is 48.5 Å². The van der Waals surface area contributed by atoms with Crippen LogP contribution in [0.4, 0.5) is 11.4 Å². The van der Waals surface area contributed by atoms with Crippen LogP contribution in [-0.4, -0.2) is 35.0 Å². The minimum atomic E-state index is -1.17. The predicted octanol–water partition coefficient (Wildman–Crippen LogP) is 4.46. The van der Waals surface area contributed by atoms with Crippen LogP contribution in [0.5, 0.6) is 5.75 Å². The first-order valence-electron chi connectivity index (χ1n) is 9.95. The molecule has 1 unspecified atom stereocenters. The first kappa shape index (κ1) is 22.7. The molecule has 32 heavy (non-hydrogen) atoms. The highest BCUT2D eigenvalue weighted by Gasteiger charge is 2.23. The second-order valence-electron chi connectivity index (χ2n) is 7.45. The number of rotatable bonds is 7. The molecule has 1 amide bonds. The molecule has 0 saturated carbocycles. The molecule has 0 bridgehead atoms. The molecular weight excluding hydrogens is 414 g/mol. The standard InChI is InChI=1S/C23H23N3O6/c1-13(2)19-12-17(16-7-5-6-8-18(16)24-19)23(28)32-14(3)22(27)25-20-11-15(26(29)30)9-10-21(20)31-4/h5-14H,1-4H3,(H,25,27). The summed E-state index contributed by atoms with van der Waals surface area (Å²) in [5.74, 6) is -0.990. The fourth-order valence-electron chi connectivity index (χ4n) is 3.08. The molecule has 3 rings (SSSR count).